The summed E-state index contributed by atoms with van der Waals surface area (Å²) in [5, 5.41) is 1.05. The summed E-state index contributed by atoms with van der Waals surface area (Å²) in [7, 11) is -3.38. The van der Waals surface area contributed by atoms with Crippen molar-refractivity contribution < 1.29 is 13.2 Å². The lowest BCUT2D eigenvalue weighted by atomic mass is 9.97. The summed E-state index contributed by atoms with van der Waals surface area (Å²) in [6, 6.07) is 5.75. The second-order valence-electron chi connectivity index (χ2n) is 8.24. The van der Waals surface area contributed by atoms with E-state index in [1.807, 2.05) is 19.2 Å². The molecule has 9 nitrogen and oxygen atoms in total. The van der Waals surface area contributed by atoms with Gasteiger partial charge in [-0.25, -0.2) is 23.8 Å². The molecule has 0 aliphatic carbocycles. The minimum Gasteiger partial charge on any atom is -0.378 e. The lowest BCUT2D eigenvalue weighted by molar-refractivity contribution is 0.122. The standard InChI is InChI=1S/C22H26N6O3S/c1-14-11-20(32(2,29)30)24-13-17(14)16-12-19(28-7-9-31-10-8-28)26-21-15(16)3-5-23-22(21)18-4-6-25-27-18/h3,5,11-13,18,25,27H,4,6-10H2,1-2H3. The van der Waals surface area contributed by atoms with Gasteiger partial charge < -0.3 is 9.64 Å². The molecule has 2 fully saturated rings. The Kier molecular flexibility index (Phi) is 5.54. The number of hydrogen-bond acceptors (Lipinski definition) is 9. The summed E-state index contributed by atoms with van der Waals surface area (Å²) in [5.41, 5.74) is 10.9. The van der Waals surface area contributed by atoms with Gasteiger partial charge in [0.1, 0.15) is 5.82 Å². The van der Waals surface area contributed by atoms with E-state index in [1.54, 1.807) is 12.3 Å². The summed E-state index contributed by atoms with van der Waals surface area (Å²) in [6.45, 7) is 5.63. The highest BCUT2D eigenvalue weighted by molar-refractivity contribution is 7.90. The Morgan fingerprint density at radius 2 is 1.97 bits per heavy atom. The fraction of sp³-hybridized carbons (Fsp3) is 0.409. The van der Waals surface area contributed by atoms with E-state index in [2.05, 4.69) is 31.8 Å². The Morgan fingerprint density at radius 3 is 2.66 bits per heavy atom. The van der Waals surface area contributed by atoms with Gasteiger partial charge in [-0.1, -0.05) is 0 Å². The maximum Gasteiger partial charge on any atom is 0.192 e. The highest BCUT2D eigenvalue weighted by Gasteiger charge is 2.24. The molecule has 0 bridgehead atoms. The molecule has 0 amide bonds. The molecule has 0 saturated carbocycles. The van der Waals surface area contributed by atoms with Crippen LogP contribution in [0, 0.1) is 6.92 Å². The molecule has 10 heteroatoms. The van der Waals surface area contributed by atoms with Crippen LogP contribution in [-0.2, 0) is 14.6 Å². The first kappa shape index (κ1) is 21.2. The molecule has 1 unspecified atom stereocenters. The number of ether oxygens (including phenoxy) is 1. The van der Waals surface area contributed by atoms with Crippen molar-refractivity contribution >= 4 is 26.6 Å². The molecule has 0 aromatic carbocycles. The van der Waals surface area contributed by atoms with Gasteiger partial charge in [0.2, 0.25) is 0 Å². The molecule has 0 radical (unpaired) electrons. The van der Waals surface area contributed by atoms with Crippen LogP contribution in [-0.4, -0.2) is 62.5 Å². The van der Waals surface area contributed by atoms with E-state index in [0.717, 1.165) is 65.2 Å². The smallest absolute Gasteiger partial charge is 0.192 e. The molecule has 0 spiro atoms. The Labute approximate surface area is 187 Å². The summed E-state index contributed by atoms with van der Waals surface area (Å²) in [5.74, 6) is 0.864. The van der Waals surface area contributed by atoms with Crippen LogP contribution in [0.15, 0.2) is 35.6 Å². The van der Waals surface area contributed by atoms with Gasteiger partial charge in [-0.2, -0.15) is 0 Å². The van der Waals surface area contributed by atoms with Crippen LogP contribution in [0.2, 0.25) is 0 Å². The SMILES string of the molecule is Cc1cc(S(C)(=O)=O)ncc1-c1cc(N2CCOCC2)nc2c(C3CCNN3)nccc12. The van der Waals surface area contributed by atoms with Crippen LogP contribution in [0.3, 0.4) is 0 Å². The van der Waals surface area contributed by atoms with E-state index in [9.17, 15) is 8.42 Å². The number of aryl methyl sites for hydroxylation is 1. The predicted octanol–water partition coefficient (Wildman–Crippen LogP) is 1.78. The zero-order valence-electron chi connectivity index (χ0n) is 18.1. The molecular weight excluding hydrogens is 428 g/mol. The molecular formula is C22H26N6O3S. The van der Waals surface area contributed by atoms with E-state index in [-0.39, 0.29) is 11.1 Å². The molecule has 5 heterocycles. The highest BCUT2D eigenvalue weighted by atomic mass is 32.2. The van der Waals surface area contributed by atoms with Crippen LogP contribution >= 0.6 is 0 Å². The molecule has 2 N–H and O–H groups in total. The van der Waals surface area contributed by atoms with Gasteiger partial charge in [-0.15, -0.1) is 0 Å². The fourth-order valence-corrected chi connectivity index (χ4v) is 4.93. The molecule has 2 saturated heterocycles. The number of sulfone groups is 1. The van der Waals surface area contributed by atoms with Gasteiger partial charge in [0.05, 0.1) is 30.5 Å². The highest BCUT2D eigenvalue weighted by Crippen LogP contribution is 2.36. The van der Waals surface area contributed by atoms with Crippen molar-refractivity contribution in [1.82, 2.24) is 25.8 Å². The van der Waals surface area contributed by atoms with Crippen molar-refractivity contribution in [1.29, 1.82) is 0 Å². The maximum absolute atomic E-state index is 12.0. The predicted molar refractivity (Wildman–Crippen MR) is 122 cm³/mol. The second-order valence-corrected chi connectivity index (χ2v) is 10.2. The number of rotatable bonds is 4. The Morgan fingerprint density at radius 1 is 1.16 bits per heavy atom. The summed E-state index contributed by atoms with van der Waals surface area (Å²) >= 11 is 0. The Bertz CT molecular complexity index is 1270. The van der Waals surface area contributed by atoms with Gasteiger partial charge in [-0.05, 0) is 42.7 Å². The van der Waals surface area contributed by atoms with E-state index in [1.165, 1.54) is 6.26 Å². The first-order valence-corrected chi connectivity index (χ1v) is 12.6. The lowest BCUT2D eigenvalue weighted by Crippen LogP contribution is -2.36. The van der Waals surface area contributed by atoms with Crippen LogP contribution < -0.4 is 15.8 Å². The van der Waals surface area contributed by atoms with Crippen molar-refractivity contribution in [2.75, 3.05) is 44.0 Å². The molecule has 1 atom stereocenters. The quantitative estimate of drug-likeness (QED) is 0.610. The van der Waals surface area contributed by atoms with Gasteiger partial charge in [0.15, 0.2) is 14.9 Å². The summed E-state index contributed by atoms with van der Waals surface area (Å²) in [4.78, 5) is 16.2. The molecule has 3 aromatic rings. The first-order valence-electron chi connectivity index (χ1n) is 10.7. The molecule has 168 valence electrons. The molecule has 5 rings (SSSR count). The average Bonchev–Trinajstić information content (AvgIpc) is 3.33. The summed E-state index contributed by atoms with van der Waals surface area (Å²) in [6.07, 6.45) is 5.56. The second kappa shape index (κ2) is 8.36. The third-order valence-corrected chi connectivity index (χ3v) is 6.98. The van der Waals surface area contributed by atoms with Gasteiger partial charge in [-0.3, -0.25) is 10.4 Å². The van der Waals surface area contributed by atoms with Gasteiger partial charge in [0, 0.05) is 49.2 Å². The number of morpholine rings is 1. The van der Waals surface area contributed by atoms with Crippen LogP contribution in [0.5, 0.6) is 0 Å². The van der Waals surface area contributed by atoms with Crippen LogP contribution in [0.1, 0.15) is 23.7 Å². The zero-order chi connectivity index (χ0) is 22.3. The number of hydrazine groups is 1. The van der Waals surface area contributed by atoms with Crippen LogP contribution in [0.25, 0.3) is 22.0 Å². The third-order valence-electron chi connectivity index (χ3n) is 6.00. The average molecular weight is 455 g/mol. The van der Waals surface area contributed by atoms with Gasteiger partial charge in [0.25, 0.3) is 0 Å². The van der Waals surface area contributed by atoms with Crippen molar-refractivity contribution in [3.8, 4) is 11.1 Å². The third kappa shape index (κ3) is 3.95. The number of anilines is 1. The zero-order valence-corrected chi connectivity index (χ0v) is 18.9. The molecule has 2 aliphatic heterocycles. The number of nitrogens with zero attached hydrogens (tertiary/aromatic N) is 4. The van der Waals surface area contributed by atoms with Crippen molar-refractivity contribution in [3.05, 3.63) is 41.9 Å². The van der Waals surface area contributed by atoms with E-state index in [4.69, 9.17) is 9.72 Å². The van der Waals surface area contributed by atoms with Crippen molar-refractivity contribution in [2.24, 2.45) is 0 Å². The largest absolute Gasteiger partial charge is 0.378 e. The number of hydrogen-bond donors (Lipinski definition) is 2. The maximum atomic E-state index is 12.0. The van der Waals surface area contributed by atoms with E-state index in [0.29, 0.717) is 13.2 Å². The number of nitrogens with one attached hydrogen (secondary N) is 2. The topological polar surface area (TPSA) is 109 Å². The molecule has 2 aliphatic rings. The number of pyridine rings is 3. The number of aromatic nitrogens is 3. The monoisotopic (exact) mass is 454 g/mol. The minimum absolute atomic E-state index is 0.0748. The van der Waals surface area contributed by atoms with E-state index >= 15 is 0 Å². The minimum atomic E-state index is -3.38. The molecule has 3 aromatic heterocycles. The summed E-state index contributed by atoms with van der Waals surface area (Å²) < 4.78 is 29.5. The Hall–Kier alpha value is -2.66. The lowest BCUT2D eigenvalue weighted by Gasteiger charge is -2.29. The van der Waals surface area contributed by atoms with Crippen molar-refractivity contribution in [2.45, 2.75) is 24.4 Å². The fourth-order valence-electron chi connectivity index (χ4n) is 4.30. The number of fused-ring (bicyclic) bond motifs is 1. The van der Waals surface area contributed by atoms with Crippen LogP contribution in [0.4, 0.5) is 5.82 Å². The Balaban J connectivity index is 1.73. The van der Waals surface area contributed by atoms with E-state index < -0.39 is 9.84 Å². The molecule has 32 heavy (non-hydrogen) atoms. The normalized spacial score (nSPS) is 19.6. The first-order chi connectivity index (χ1) is 15.4. The van der Waals surface area contributed by atoms with Crippen molar-refractivity contribution in [3.63, 3.8) is 0 Å². The van der Waals surface area contributed by atoms with Gasteiger partial charge >= 0.3 is 0 Å².